The van der Waals surface area contributed by atoms with Crippen molar-refractivity contribution in [2.75, 3.05) is 26.2 Å². The SMILES string of the molecule is C[C@H]1C[N+](C=O)(C2CN(Cc3ccccc3)C[C@@H]2c2ccc(Cl)cn2)C[C@H](C)C1(O)c1ccc(F)cc1. The lowest BCUT2D eigenvalue weighted by atomic mass is 9.69. The van der Waals surface area contributed by atoms with Crippen molar-refractivity contribution in [1.82, 2.24) is 9.88 Å². The van der Waals surface area contributed by atoms with Crippen LogP contribution in [0.3, 0.4) is 0 Å². The number of carbonyl (C=O) groups excluding carboxylic acids is 1. The number of aromatic nitrogens is 1. The van der Waals surface area contributed by atoms with Crippen LogP contribution in [0.25, 0.3) is 0 Å². The molecule has 0 bridgehead atoms. The van der Waals surface area contributed by atoms with Crippen molar-refractivity contribution >= 4 is 18.0 Å². The number of carbonyl (C=O) groups is 1. The van der Waals surface area contributed by atoms with Gasteiger partial charge in [0.15, 0.2) is 0 Å². The van der Waals surface area contributed by atoms with Gasteiger partial charge in [-0.2, -0.15) is 0 Å². The first-order chi connectivity index (χ1) is 17.7. The molecule has 4 atom stereocenters. The van der Waals surface area contributed by atoms with E-state index in [0.717, 1.165) is 31.7 Å². The highest BCUT2D eigenvalue weighted by molar-refractivity contribution is 6.30. The summed E-state index contributed by atoms with van der Waals surface area (Å²) in [5.74, 6) is -0.713. The first-order valence-corrected chi connectivity index (χ1v) is 13.3. The number of benzene rings is 2. The smallest absolute Gasteiger partial charge is 0.301 e. The summed E-state index contributed by atoms with van der Waals surface area (Å²) in [6.07, 6.45) is 2.77. The number of likely N-dealkylation sites (tertiary alicyclic amines) is 2. The van der Waals surface area contributed by atoms with Gasteiger partial charge in [-0.25, -0.2) is 9.18 Å². The lowest BCUT2D eigenvalue weighted by Crippen LogP contribution is -2.68. The van der Waals surface area contributed by atoms with E-state index >= 15 is 0 Å². The van der Waals surface area contributed by atoms with Crippen LogP contribution in [-0.4, -0.2) is 58.1 Å². The van der Waals surface area contributed by atoms with Crippen LogP contribution in [0.2, 0.25) is 5.02 Å². The van der Waals surface area contributed by atoms with Gasteiger partial charge in [0.05, 0.1) is 36.3 Å². The lowest BCUT2D eigenvalue weighted by molar-refractivity contribution is -0.886. The van der Waals surface area contributed by atoms with Gasteiger partial charge in [0.2, 0.25) is 0 Å². The van der Waals surface area contributed by atoms with Gasteiger partial charge in [0.1, 0.15) is 17.5 Å². The Kier molecular flexibility index (Phi) is 7.20. The second-order valence-electron chi connectivity index (χ2n) is 11.0. The molecule has 37 heavy (non-hydrogen) atoms. The van der Waals surface area contributed by atoms with Crippen molar-refractivity contribution in [2.45, 2.75) is 38.0 Å². The minimum atomic E-state index is -1.14. The van der Waals surface area contributed by atoms with E-state index in [-0.39, 0.29) is 34.1 Å². The van der Waals surface area contributed by atoms with E-state index in [9.17, 15) is 14.3 Å². The largest absolute Gasteiger partial charge is 0.384 e. The monoisotopic (exact) mass is 522 g/mol. The molecule has 1 N–H and O–H groups in total. The Morgan fingerprint density at radius 2 is 1.73 bits per heavy atom. The summed E-state index contributed by atoms with van der Waals surface area (Å²) in [4.78, 5) is 20.1. The van der Waals surface area contributed by atoms with Crippen molar-refractivity contribution in [1.29, 1.82) is 0 Å². The molecular weight excluding hydrogens is 489 g/mol. The molecule has 2 aliphatic heterocycles. The van der Waals surface area contributed by atoms with Gasteiger partial charge >= 0.3 is 6.41 Å². The van der Waals surface area contributed by atoms with Gasteiger partial charge in [0, 0.05) is 31.1 Å². The third-order valence-corrected chi connectivity index (χ3v) is 8.87. The van der Waals surface area contributed by atoms with Crippen LogP contribution in [0.15, 0.2) is 72.9 Å². The van der Waals surface area contributed by atoms with Crippen molar-refractivity contribution in [2.24, 2.45) is 11.8 Å². The average molecular weight is 523 g/mol. The van der Waals surface area contributed by atoms with Gasteiger partial charge in [-0.05, 0) is 35.4 Å². The summed E-state index contributed by atoms with van der Waals surface area (Å²) < 4.78 is 13.9. The zero-order chi connectivity index (χ0) is 26.2. The molecule has 3 heterocycles. The number of quaternary nitrogens is 1. The summed E-state index contributed by atoms with van der Waals surface area (Å²) in [6.45, 7) is 7.32. The van der Waals surface area contributed by atoms with Crippen molar-refractivity contribution < 1.29 is 18.8 Å². The Labute approximate surface area is 223 Å². The highest BCUT2D eigenvalue weighted by Gasteiger charge is 2.58. The number of amides is 1. The minimum absolute atomic E-state index is 0.0162. The number of nitrogens with zero attached hydrogens (tertiary/aromatic N) is 3. The number of hydrogen-bond acceptors (Lipinski definition) is 4. The van der Waals surface area contributed by atoms with Gasteiger partial charge in [-0.15, -0.1) is 0 Å². The van der Waals surface area contributed by atoms with E-state index in [4.69, 9.17) is 11.6 Å². The van der Waals surface area contributed by atoms with E-state index in [2.05, 4.69) is 22.0 Å². The molecule has 0 spiro atoms. The summed E-state index contributed by atoms with van der Waals surface area (Å²) in [5, 5.41) is 12.5. The number of pyridine rings is 1. The third kappa shape index (κ3) is 4.84. The molecule has 3 aromatic rings. The highest BCUT2D eigenvalue weighted by Crippen LogP contribution is 2.46. The van der Waals surface area contributed by atoms with E-state index in [0.29, 0.717) is 23.7 Å². The molecular formula is C30H34ClFN3O2+. The second-order valence-corrected chi connectivity index (χ2v) is 11.4. The molecule has 5 nitrogen and oxygen atoms in total. The Bertz CT molecular complexity index is 1210. The van der Waals surface area contributed by atoms with Gasteiger partial charge in [0.25, 0.3) is 0 Å². The quantitative estimate of drug-likeness (QED) is 0.366. The van der Waals surface area contributed by atoms with Crippen LogP contribution in [0.5, 0.6) is 0 Å². The molecule has 2 saturated heterocycles. The lowest BCUT2D eigenvalue weighted by Gasteiger charge is -2.53. The number of rotatable bonds is 6. The van der Waals surface area contributed by atoms with Crippen LogP contribution in [0.1, 0.15) is 36.6 Å². The Balaban J connectivity index is 1.48. The molecule has 1 unspecified atom stereocenters. The van der Waals surface area contributed by atoms with E-state index in [1.54, 1.807) is 18.3 Å². The predicted octanol–water partition coefficient (Wildman–Crippen LogP) is 4.99. The minimum Gasteiger partial charge on any atom is -0.384 e. The van der Waals surface area contributed by atoms with Crippen molar-refractivity contribution in [3.05, 3.63) is 101 Å². The summed E-state index contributed by atoms with van der Waals surface area (Å²) in [5.41, 5.74) is 1.72. The fraction of sp³-hybridized carbons (Fsp3) is 0.400. The molecule has 2 aliphatic rings. The molecule has 0 aliphatic carbocycles. The molecule has 2 aromatic carbocycles. The van der Waals surface area contributed by atoms with Gasteiger partial charge < -0.3 is 5.11 Å². The third-order valence-electron chi connectivity index (χ3n) is 8.65. The Morgan fingerprint density at radius 1 is 1.05 bits per heavy atom. The van der Waals surface area contributed by atoms with Crippen LogP contribution in [0.4, 0.5) is 4.39 Å². The molecule has 194 valence electrons. The summed E-state index contributed by atoms with van der Waals surface area (Å²) in [6, 6.07) is 20.3. The molecule has 1 amide bonds. The van der Waals surface area contributed by atoms with Crippen LogP contribution < -0.4 is 0 Å². The Hall–Kier alpha value is -2.64. The Morgan fingerprint density at radius 3 is 2.32 bits per heavy atom. The van der Waals surface area contributed by atoms with E-state index in [1.807, 2.05) is 44.2 Å². The topological polar surface area (TPSA) is 53.4 Å². The summed E-state index contributed by atoms with van der Waals surface area (Å²) >= 11 is 6.15. The number of aliphatic hydroxyl groups is 1. The number of piperidine rings is 1. The van der Waals surface area contributed by atoms with Crippen LogP contribution >= 0.6 is 11.6 Å². The number of hydrogen-bond donors (Lipinski definition) is 1. The van der Waals surface area contributed by atoms with Crippen LogP contribution in [0, 0.1) is 17.7 Å². The average Bonchev–Trinajstić information content (AvgIpc) is 3.32. The fourth-order valence-corrected chi connectivity index (χ4v) is 6.95. The number of halogens is 2. The fourth-order valence-electron chi connectivity index (χ4n) is 6.83. The van der Waals surface area contributed by atoms with Crippen molar-refractivity contribution in [3.63, 3.8) is 0 Å². The van der Waals surface area contributed by atoms with Gasteiger partial charge in [-0.1, -0.05) is 67.9 Å². The van der Waals surface area contributed by atoms with Crippen molar-refractivity contribution in [3.8, 4) is 0 Å². The predicted molar refractivity (Wildman–Crippen MR) is 142 cm³/mol. The highest BCUT2D eigenvalue weighted by atomic mass is 35.5. The van der Waals surface area contributed by atoms with Crippen LogP contribution in [-0.2, 0) is 16.9 Å². The molecule has 0 radical (unpaired) electrons. The maximum atomic E-state index is 13.6. The first-order valence-electron chi connectivity index (χ1n) is 12.9. The second kappa shape index (κ2) is 10.3. The first kappa shape index (κ1) is 26.0. The molecule has 5 rings (SSSR count). The zero-order valence-corrected chi connectivity index (χ0v) is 22.1. The molecule has 1 aromatic heterocycles. The maximum absolute atomic E-state index is 13.6. The molecule has 2 fully saturated rings. The zero-order valence-electron chi connectivity index (χ0n) is 21.3. The molecule has 0 saturated carbocycles. The standard InChI is InChI=1S/C30H34ClFN3O2/c1-21-18-35(20-36,19-22(2)30(21,37)24-8-11-26(32)12-9-24)29-17-34(15-23-6-4-3-5-7-23)16-27(29)28-13-10-25(31)14-33-28/h3-14,20-22,27,29,37H,15-19H2,1-2H3/q+1/t21-,22-,27+,29?,30?,35?/m0/s1. The molecule has 7 heteroatoms. The summed E-state index contributed by atoms with van der Waals surface area (Å²) in [7, 11) is 0. The van der Waals surface area contributed by atoms with E-state index in [1.165, 1.54) is 17.7 Å². The van der Waals surface area contributed by atoms with E-state index < -0.39 is 5.60 Å². The normalized spacial score (nSPS) is 32.4. The van der Waals surface area contributed by atoms with Gasteiger partial charge in [-0.3, -0.25) is 14.4 Å². The maximum Gasteiger partial charge on any atom is 0.301 e.